The SMILES string of the molecule is COc1ccc(C(C=O)=Cc2ccc(COc3ccccc3)cc2)cc1. The van der Waals surface area contributed by atoms with Crippen LogP contribution in [-0.2, 0) is 11.4 Å². The van der Waals surface area contributed by atoms with Gasteiger partial charge in [0.05, 0.1) is 7.11 Å². The fourth-order valence-electron chi connectivity index (χ4n) is 2.54. The van der Waals surface area contributed by atoms with Crippen molar-refractivity contribution in [3.05, 3.63) is 95.6 Å². The molecule has 3 heteroatoms. The first kappa shape index (κ1) is 17.5. The number of aldehydes is 1. The Morgan fingerprint density at radius 3 is 2.15 bits per heavy atom. The van der Waals surface area contributed by atoms with E-state index in [2.05, 4.69) is 0 Å². The van der Waals surface area contributed by atoms with E-state index in [9.17, 15) is 4.79 Å². The van der Waals surface area contributed by atoms with E-state index in [1.807, 2.05) is 84.9 Å². The highest BCUT2D eigenvalue weighted by molar-refractivity contribution is 6.13. The first-order valence-electron chi connectivity index (χ1n) is 8.36. The number of carbonyl (C=O) groups excluding carboxylic acids is 1. The molecule has 0 atom stereocenters. The first-order chi connectivity index (χ1) is 12.8. The van der Waals surface area contributed by atoms with E-state index in [0.717, 1.165) is 34.5 Å². The van der Waals surface area contributed by atoms with Crippen molar-refractivity contribution in [2.24, 2.45) is 0 Å². The van der Waals surface area contributed by atoms with Crippen LogP contribution in [0.5, 0.6) is 11.5 Å². The van der Waals surface area contributed by atoms with Crippen molar-refractivity contribution in [1.82, 2.24) is 0 Å². The summed E-state index contributed by atoms with van der Waals surface area (Å²) >= 11 is 0. The lowest BCUT2D eigenvalue weighted by Crippen LogP contribution is -1.95. The quantitative estimate of drug-likeness (QED) is 0.343. The largest absolute Gasteiger partial charge is 0.497 e. The van der Waals surface area contributed by atoms with E-state index in [0.29, 0.717) is 12.2 Å². The maximum Gasteiger partial charge on any atom is 0.150 e. The smallest absolute Gasteiger partial charge is 0.150 e. The summed E-state index contributed by atoms with van der Waals surface area (Å²) in [5.74, 6) is 1.61. The molecular weight excluding hydrogens is 324 g/mol. The molecule has 130 valence electrons. The first-order valence-corrected chi connectivity index (χ1v) is 8.36. The Labute approximate surface area is 153 Å². The molecule has 0 bridgehead atoms. The fourth-order valence-corrected chi connectivity index (χ4v) is 2.54. The minimum absolute atomic E-state index is 0.507. The van der Waals surface area contributed by atoms with Crippen LogP contribution < -0.4 is 9.47 Å². The van der Waals surface area contributed by atoms with Crippen LogP contribution in [0.25, 0.3) is 11.6 Å². The molecule has 0 fully saturated rings. The Bertz CT molecular complexity index is 864. The summed E-state index contributed by atoms with van der Waals surface area (Å²) in [6.45, 7) is 0.507. The van der Waals surface area contributed by atoms with Gasteiger partial charge in [0.2, 0.25) is 0 Å². The van der Waals surface area contributed by atoms with E-state index in [1.54, 1.807) is 7.11 Å². The van der Waals surface area contributed by atoms with Crippen LogP contribution in [0, 0.1) is 0 Å². The molecule has 3 aromatic rings. The van der Waals surface area contributed by atoms with Gasteiger partial charge in [-0.05, 0) is 47.0 Å². The number of hydrogen-bond acceptors (Lipinski definition) is 3. The Morgan fingerprint density at radius 1 is 0.846 bits per heavy atom. The monoisotopic (exact) mass is 344 g/mol. The number of benzene rings is 3. The molecule has 0 N–H and O–H groups in total. The summed E-state index contributed by atoms with van der Waals surface area (Å²) in [5, 5.41) is 0. The van der Waals surface area contributed by atoms with Crippen molar-refractivity contribution < 1.29 is 14.3 Å². The van der Waals surface area contributed by atoms with Gasteiger partial charge >= 0.3 is 0 Å². The number of rotatable bonds is 7. The number of carbonyl (C=O) groups is 1. The van der Waals surface area contributed by atoms with Crippen molar-refractivity contribution in [2.45, 2.75) is 6.61 Å². The minimum atomic E-state index is 0.507. The van der Waals surface area contributed by atoms with Crippen molar-refractivity contribution in [3.8, 4) is 11.5 Å². The zero-order valence-corrected chi connectivity index (χ0v) is 14.6. The van der Waals surface area contributed by atoms with Crippen LogP contribution in [0.4, 0.5) is 0 Å². The van der Waals surface area contributed by atoms with Crippen LogP contribution in [0.2, 0.25) is 0 Å². The van der Waals surface area contributed by atoms with Gasteiger partial charge in [-0.15, -0.1) is 0 Å². The van der Waals surface area contributed by atoms with Gasteiger partial charge in [0, 0.05) is 5.57 Å². The maximum absolute atomic E-state index is 11.5. The van der Waals surface area contributed by atoms with Crippen LogP contribution in [-0.4, -0.2) is 13.4 Å². The van der Waals surface area contributed by atoms with Crippen LogP contribution in [0.3, 0.4) is 0 Å². The molecule has 0 saturated carbocycles. The second kappa shape index (κ2) is 8.67. The molecule has 26 heavy (non-hydrogen) atoms. The van der Waals surface area contributed by atoms with Gasteiger partial charge in [0.15, 0.2) is 6.29 Å². The summed E-state index contributed by atoms with van der Waals surface area (Å²) in [6, 6.07) is 25.1. The van der Waals surface area contributed by atoms with Gasteiger partial charge in [-0.3, -0.25) is 4.79 Å². The molecular formula is C23H20O3. The Balaban J connectivity index is 1.69. The second-order valence-corrected chi connectivity index (χ2v) is 5.79. The summed E-state index contributed by atoms with van der Waals surface area (Å²) in [4.78, 5) is 11.5. The average molecular weight is 344 g/mol. The maximum atomic E-state index is 11.5. The molecule has 0 spiro atoms. The highest BCUT2D eigenvalue weighted by Gasteiger charge is 2.02. The topological polar surface area (TPSA) is 35.5 Å². The van der Waals surface area contributed by atoms with E-state index in [4.69, 9.17) is 9.47 Å². The van der Waals surface area contributed by atoms with Crippen LogP contribution in [0.1, 0.15) is 16.7 Å². The molecule has 0 saturated heterocycles. The molecule has 0 aliphatic rings. The van der Waals surface area contributed by atoms with Gasteiger partial charge in [-0.1, -0.05) is 54.6 Å². The van der Waals surface area contributed by atoms with E-state index in [-0.39, 0.29) is 0 Å². The number of para-hydroxylation sites is 1. The molecule has 0 heterocycles. The average Bonchev–Trinajstić information content (AvgIpc) is 2.72. The van der Waals surface area contributed by atoms with Gasteiger partial charge < -0.3 is 9.47 Å². The summed E-state index contributed by atoms with van der Waals surface area (Å²) < 4.78 is 10.9. The van der Waals surface area contributed by atoms with Crippen molar-refractivity contribution in [1.29, 1.82) is 0 Å². The van der Waals surface area contributed by atoms with Crippen molar-refractivity contribution in [3.63, 3.8) is 0 Å². The summed E-state index contributed by atoms with van der Waals surface area (Å²) in [7, 11) is 1.62. The third-order valence-corrected chi connectivity index (χ3v) is 4.00. The molecule has 3 nitrogen and oxygen atoms in total. The third-order valence-electron chi connectivity index (χ3n) is 4.00. The third kappa shape index (κ3) is 4.61. The molecule has 3 rings (SSSR count). The highest BCUT2D eigenvalue weighted by atomic mass is 16.5. The van der Waals surface area contributed by atoms with Crippen LogP contribution in [0.15, 0.2) is 78.9 Å². The zero-order chi connectivity index (χ0) is 18.2. The van der Waals surface area contributed by atoms with E-state index in [1.165, 1.54) is 0 Å². The molecule has 0 aromatic heterocycles. The standard InChI is InChI=1S/C23H20O3/c1-25-22-13-11-20(12-14-22)21(16-24)15-18-7-9-19(10-8-18)17-26-23-5-3-2-4-6-23/h2-16H,17H2,1H3. The Hall–Kier alpha value is -3.33. The highest BCUT2D eigenvalue weighted by Crippen LogP contribution is 2.20. The second-order valence-electron chi connectivity index (χ2n) is 5.79. The molecule has 0 aliphatic heterocycles. The molecule has 0 radical (unpaired) electrons. The van der Waals surface area contributed by atoms with Gasteiger partial charge in [0.1, 0.15) is 18.1 Å². The van der Waals surface area contributed by atoms with E-state index < -0.39 is 0 Å². The van der Waals surface area contributed by atoms with Crippen LogP contribution >= 0.6 is 0 Å². The predicted molar refractivity (Wildman–Crippen MR) is 104 cm³/mol. The molecule has 0 unspecified atom stereocenters. The lowest BCUT2D eigenvalue weighted by molar-refractivity contribution is -0.103. The van der Waals surface area contributed by atoms with Gasteiger partial charge in [-0.2, -0.15) is 0 Å². The fraction of sp³-hybridized carbons (Fsp3) is 0.0870. The van der Waals surface area contributed by atoms with Crippen molar-refractivity contribution >= 4 is 17.9 Å². The normalized spacial score (nSPS) is 11.0. The molecule has 0 aliphatic carbocycles. The Kier molecular flexibility index (Phi) is 5.84. The zero-order valence-electron chi connectivity index (χ0n) is 14.6. The predicted octanol–water partition coefficient (Wildman–Crippen LogP) is 5.01. The number of allylic oxidation sites excluding steroid dienone is 1. The lowest BCUT2D eigenvalue weighted by atomic mass is 10.0. The number of methoxy groups -OCH3 is 1. The minimum Gasteiger partial charge on any atom is -0.497 e. The molecule has 0 amide bonds. The van der Waals surface area contributed by atoms with Gasteiger partial charge in [0.25, 0.3) is 0 Å². The Morgan fingerprint density at radius 2 is 1.54 bits per heavy atom. The van der Waals surface area contributed by atoms with Crippen molar-refractivity contribution in [2.75, 3.05) is 7.11 Å². The summed E-state index contributed by atoms with van der Waals surface area (Å²) in [5.41, 5.74) is 3.52. The number of ether oxygens (including phenoxy) is 2. The number of hydrogen-bond donors (Lipinski definition) is 0. The molecule has 3 aromatic carbocycles. The van der Waals surface area contributed by atoms with E-state index >= 15 is 0 Å². The summed E-state index contributed by atoms with van der Waals surface area (Å²) in [6.07, 6.45) is 2.74. The van der Waals surface area contributed by atoms with Gasteiger partial charge in [-0.25, -0.2) is 0 Å². The lowest BCUT2D eigenvalue weighted by Gasteiger charge is -2.07.